The first-order valence-corrected chi connectivity index (χ1v) is 9.76. The zero-order valence-electron chi connectivity index (χ0n) is 16.1. The highest BCUT2D eigenvalue weighted by Crippen LogP contribution is 2.23. The number of anilines is 1. The number of nitrogens with one attached hydrogen (secondary N) is 1. The zero-order valence-corrected chi connectivity index (χ0v) is 17.0. The van der Waals surface area contributed by atoms with Gasteiger partial charge >= 0.3 is 12.1 Å². The van der Waals surface area contributed by atoms with Crippen molar-refractivity contribution in [3.8, 4) is 0 Å². The lowest BCUT2D eigenvalue weighted by Gasteiger charge is -2.33. The molecule has 1 aliphatic heterocycles. The van der Waals surface area contributed by atoms with Gasteiger partial charge in [-0.3, -0.25) is 14.4 Å². The minimum atomic E-state index is -0.655. The van der Waals surface area contributed by atoms with Crippen molar-refractivity contribution >= 4 is 40.2 Å². The molecule has 0 radical (unpaired) electrons. The van der Waals surface area contributed by atoms with Gasteiger partial charge in [0.05, 0.1) is 11.5 Å². The van der Waals surface area contributed by atoms with Crippen molar-refractivity contribution in [1.82, 2.24) is 4.90 Å². The maximum atomic E-state index is 12.3. The Kier molecular flexibility index (Phi) is 7.00. The molecule has 3 N–H and O–H groups in total. The summed E-state index contributed by atoms with van der Waals surface area (Å²) >= 11 is 1.15. The number of ether oxygens (including phenoxy) is 2. The van der Waals surface area contributed by atoms with E-state index in [9.17, 15) is 19.2 Å². The van der Waals surface area contributed by atoms with Crippen LogP contribution in [-0.4, -0.2) is 54.1 Å². The van der Waals surface area contributed by atoms with Crippen LogP contribution in [0.5, 0.6) is 0 Å². The molecule has 28 heavy (non-hydrogen) atoms. The van der Waals surface area contributed by atoms with E-state index in [-0.39, 0.29) is 12.1 Å². The van der Waals surface area contributed by atoms with E-state index >= 15 is 0 Å². The number of likely N-dealkylation sites (tertiary alicyclic amines) is 1. The average molecular weight is 411 g/mol. The molecule has 1 aromatic rings. The van der Waals surface area contributed by atoms with Crippen LogP contribution in [0.2, 0.25) is 0 Å². The van der Waals surface area contributed by atoms with E-state index in [1.807, 2.05) is 0 Å². The minimum Gasteiger partial charge on any atom is -0.455 e. The van der Waals surface area contributed by atoms with Crippen LogP contribution in [0.3, 0.4) is 0 Å². The van der Waals surface area contributed by atoms with Crippen LogP contribution >= 0.6 is 11.3 Å². The Morgan fingerprint density at radius 2 is 2.04 bits per heavy atom. The van der Waals surface area contributed by atoms with Gasteiger partial charge in [0.25, 0.3) is 11.8 Å². The Hall–Kier alpha value is -2.62. The van der Waals surface area contributed by atoms with Crippen molar-refractivity contribution in [3.05, 3.63) is 17.0 Å². The quantitative estimate of drug-likeness (QED) is 0.713. The summed E-state index contributed by atoms with van der Waals surface area (Å²) in [6.45, 7) is 5.53. The molecular weight excluding hydrogens is 386 g/mol. The number of carbonyl (C=O) groups excluding carboxylic acids is 4. The van der Waals surface area contributed by atoms with Crippen LogP contribution in [0.25, 0.3) is 0 Å². The maximum absolute atomic E-state index is 12.3. The fraction of sp³-hybridized carbons (Fsp3) is 0.556. The lowest BCUT2D eigenvalue weighted by atomic mass is 9.98. The van der Waals surface area contributed by atoms with Gasteiger partial charge in [-0.05, 0) is 45.1 Å². The monoisotopic (exact) mass is 411 g/mol. The van der Waals surface area contributed by atoms with Gasteiger partial charge < -0.3 is 25.4 Å². The van der Waals surface area contributed by atoms with Gasteiger partial charge in [0.2, 0.25) is 0 Å². The summed E-state index contributed by atoms with van der Waals surface area (Å²) < 4.78 is 10.4. The summed E-state index contributed by atoms with van der Waals surface area (Å²) in [6, 6.07) is 1.50. The zero-order chi connectivity index (χ0) is 20.9. The first-order chi connectivity index (χ1) is 13.1. The van der Waals surface area contributed by atoms with E-state index < -0.39 is 42.0 Å². The summed E-state index contributed by atoms with van der Waals surface area (Å²) in [5, 5.41) is 4.43. The molecule has 0 spiro atoms. The van der Waals surface area contributed by atoms with Crippen molar-refractivity contribution in [2.24, 2.45) is 11.7 Å². The number of hydrogen-bond donors (Lipinski definition) is 2. The smallest absolute Gasteiger partial charge is 0.410 e. The van der Waals surface area contributed by atoms with Crippen LogP contribution in [0.1, 0.15) is 44.0 Å². The molecule has 3 amide bonds. The molecule has 10 heteroatoms. The molecule has 1 aliphatic rings. The molecule has 2 rings (SSSR count). The number of rotatable bonds is 5. The Morgan fingerprint density at radius 1 is 1.32 bits per heavy atom. The van der Waals surface area contributed by atoms with Crippen LogP contribution < -0.4 is 11.1 Å². The van der Waals surface area contributed by atoms with Crippen LogP contribution in [-0.2, 0) is 19.1 Å². The third kappa shape index (κ3) is 6.22. The summed E-state index contributed by atoms with van der Waals surface area (Å²) in [4.78, 5) is 49.2. The summed E-state index contributed by atoms with van der Waals surface area (Å²) in [6.07, 6.45) is 0.734. The largest absolute Gasteiger partial charge is 0.455 e. The summed E-state index contributed by atoms with van der Waals surface area (Å²) in [5.41, 5.74) is 4.80. The van der Waals surface area contributed by atoms with Crippen molar-refractivity contribution in [3.63, 3.8) is 0 Å². The molecule has 154 valence electrons. The third-order valence-electron chi connectivity index (χ3n) is 3.94. The topological polar surface area (TPSA) is 128 Å². The predicted octanol–water partition coefficient (Wildman–Crippen LogP) is 1.98. The molecule has 0 aromatic carbocycles. The highest BCUT2D eigenvalue weighted by Gasteiger charge is 2.32. The van der Waals surface area contributed by atoms with Crippen molar-refractivity contribution in [2.75, 3.05) is 25.0 Å². The van der Waals surface area contributed by atoms with Crippen molar-refractivity contribution in [2.45, 2.75) is 39.2 Å². The molecule has 2 heterocycles. The Labute approximate surface area is 167 Å². The number of nitrogens with zero attached hydrogens (tertiary/aromatic N) is 1. The molecular formula is C18H25N3O6S. The number of carbonyl (C=O) groups is 4. The number of hydrogen-bond acceptors (Lipinski definition) is 7. The van der Waals surface area contributed by atoms with Gasteiger partial charge in [0.15, 0.2) is 6.61 Å². The molecule has 1 fully saturated rings. The lowest BCUT2D eigenvalue weighted by Crippen LogP contribution is -2.45. The minimum absolute atomic E-state index is 0.187. The van der Waals surface area contributed by atoms with Gasteiger partial charge in [-0.2, -0.15) is 0 Å². The second kappa shape index (κ2) is 9.05. The van der Waals surface area contributed by atoms with Crippen LogP contribution in [0, 0.1) is 5.92 Å². The van der Waals surface area contributed by atoms with Crippen LogP contribution in [0.15, 0.2) is 11.4 Å². The molecule has 9 nitrogen and oxygen atoms in total. The van der Waals surface area contributed by atoms with Crippen LogP contribution in [0.4, 0.5) is 9.80 Å². The standard InChI is InChI=1S/C18H25N3O6S/c1-18(2,3)27-17(25)21-7-4-5-11(9-21)16(24)26-10-13(22)20-15-12(14(19)23)6-8-28-15/h6,8,11H,4-5,7,9-10H2,1-3H3,(H2,19,23)(H,20,22)/t11-/m1/s1. The van der Waals surface area contributed by atoms with Crippen molar-refractivity contribution in [1.29, 1.82) is 0 Å². The van der Waals surface area contributed by atoms with Gasteiger partial charge in [0.1, 0.15) is 10.6 Å². The fourth-order valence-corrected chi connectivity index (χ4v) is 3.49. The number of esters is 1. The average Bonchev–Trinajstić information content (AvgIpc) is 3.06. The Morgan fingerprint density at radius 3 is 2.68 bits per heavy atom. The predicted molar refractivity (Wildman–Crippen MR) is 103 cm³/mol. The van der Waals surface area contributed by atoms with E-state index in [2.05, 4.69) is 5.32 Å². The highest BCUT2D eigenvalue weighted by molar-refractivity contribution is 7.14. The number of piperidine rings is 1. The SMILES string of the molecule is CC(C)(C)OC(=O)N1CCC[C@@H](C(=O)OCC(=O)Nc2sccc2C(N)=O)C1. The third-order valence-corrected chi connectivity index (χ3v) is 4.77. The number of amides is 3. The van der Waals surface area contributed by atoms with E-state index in [0.717, 1.165) is 11.3 Å². The van der Waals surface area contributed by atoms with Gasteiger partial charge in [0, 0.05) is 13.1 Å². The normalized spacial score (nSPS) is 17.0. The molecule has 1 aromatic heterocycles. The molecule has 0 bridgehead atoms. The number of nitrogens with two attached hydrogens (primary N) is 1. The highest BCUT2D eigenvalue weighted by atomic mass is 32.1. The molecule has 0 unspecified atom stereocenters. The van der Waals surface area contributed by atoms with Gasteiger partial charge in [-0.1, -0.05) is 0 Å². The van der Waals surface area contributed by atoms with Crippen molar-refractivity contribution < 1.29 is 28.7 Å². The molecule has 0 aliphatic carbocycles. The van der Waals surface area contributed by atoms with E-state index in [0.29, 0.717) is 24.4 Å². The second-order valence-electron chi connectivity index (χ2n) is 7.45. The Balaban J connectivity index is 1.83. The first-order valence-electron chi connectivity index (χ1n) is 8.88. The molecule has 1 atom stereocenters. The fourth-order valence-electron chi connectivity index (χ4n) is 2.68. The van der Waals surface area contributed by atoms with E-state index in [4.69, 9.17) is 15.2 Å². The molecule has 0 saturated carbocycles. The number of thiophene rings is 1. The summed E-state index contributed by atoms with van der Waals surface area (Å²) in [7, 11) is 0. The van der Waals surface area contributed by atoms with E-state index in [1.165, 1.54) is 11.0 Å². The molecule has 1 saturated heterocycles. The summed E-state index contributed by atoms with van der Waals surface area (Å²) in [5.74, 6) is -2.29. The second-order valence-corrected chi connectivity index (χ2v) is 8.37. The van der Waals surface area contributed by atoms with Gasteiger partial charge in [-0.25, -0.2) is 4.79 Å². The lowest BCUT2D eigenvalue weighted by molar-refractivity contribution is -0.153. The first kappa shape index (κ1) is 21.7. The number of primary amides is 1. The maximum Gasteiger partial charge on any atom is 0.410 e. The van der Waals surface area contributed by atoms with Gasteiger partial charge in [-0.15, -0.1) is 11.3 Å². The van der Waals surface area contributed by atoms with E-state index in [1.54, 1.807) is 26.2 Å². The Bertz CT molecular complexity index is 755.